The molecule has 0 unspecified atom stereocenters. The molecular weight excluding hydrogens is 166 g/mol. The van der Waals surface area contributed by atoms with Gasteiger partial charge in [0.1, 0.15) is 0 Å². The lowest BCUT2D eigenvalue weighted by Crippen LogP contribution is -2.25. The zero-order chi connectivity index (χ0) is 9.84. The highest BCUT2D eigenvalue weighted by atomic mass is 16.1. The number of rotatable bonds is 2. The number of hydrogen-bond donors (Lipinski definition) is 0. The second kappa shape index (κ2) is 3.85. The zero-order valence-corrected chi connectivity index (χ0v) is 7.74. The maximum atomic E-state index is 11.3. The minimum Gasteiger partial charge on any atom is -0.296 e. The van der Waals surface area contributed by atoms with Crippen LogP contribution in [0.2, 0.25) is 0 Å². The van der Waals surface area contributed by atoms with Crippen molar-refractivity contribution in [1.82, 2.24) is 9.55 Å². The molecule has 0 aliphatic carbocycles. The van der Waals surface area contributed by atoms with Crippen LogP contribution in [0.1, 0.15) is 17.8 Å². The minimum atomic E-state index is -0.271. The number of aryl methyl sites for hydroxylation is 2. The van der Waals surface area contributed by atoms with Gasteiger partial charge in [-0.1, -0.05) is 0 Å². The van der Waals surface area contributed by atoms with Crippen molar-refractivity contribution in [3.63, 3.8) is 0 Å². The van der Waals surface area contributed by atoms with Gasteiger partial charge < -0.3 is 0 Å². The average molecular weight is 177 g/mol. The normalized spacial score (nSPS) is 9.62. The van der Waals surface area contributed by atoms with E-state index in [0.717, 1.165) is 11.4 Å². The van der Waals surface area contributed by atoms with E-state index >= 15 is 0 Å². The van der Waals surface area contributed by atoms with Crippen molar-refractivity contribution in [3.8, 4) is 6.07 Å². The first-order valence-corrected chi connectivity index (χ1v) is 4.07. The van der Waals surface area contributed by atoms with Gasteiger partial charge in [0.05, 0.1) is 12.5 Å². The van der Waals surface area contributed by atoms with Crippen LogP contribution < -0.4 is 5.69 Å². The first-order chi connectivity index (χ1) is 6.15. The number of aromatic nitrogens is 2. The molecular formula is C9H11N3O. The van der Waals surface area contributed by atoms with Crippen molar-refractivity contribution >= 4 is 0 Å². The monoisotopic (exact) mass is 177 g/mol. The van der Waals surface area contributed by atoms with E-state index in [1.807, 2.05) is 19.1 Å². The van der Waals surface area contributed by atoms with E-state index in [0.29, 0.717) is 13.0 Å². The molecule has 1 aromatic heterocycles. The van der Waals surface area contributed by atoms with E-state index in [1.54, 1.807) is 6.92 Å². The third-order valence-corrected chi connectivity index (χ3v) is 1.79. The molecule has 0 aliphatic rings. The maximum absolute atomic E-state index is 11.3. The van der Waals surface area contributed by atoms with Crippen molar-refractivity contribution in [1.29, 1.82) is 5.26 Å². The molecule has 0 fully saturated rings. The Hall–Kier alpha value is -1.63. The van der Waals surface area contributed by atoms with Gasteiger partial charge in [-0.25, -0.2) is 4.79 Å². The molecule has 0 N–H and O–H groups in total. The summed E-state index contributed by atoms with van der Waals surface area (Å²) in [7, 11) is 0. The highest BCUT2D eigenvalue weighted by Crippen LogP contribution is 1.97. The Morgan fingerprint density at radius 2 is 2.31 bits per heavy atom. The van der Waals surface area contributed by atoms with Crippen LogP contribution in [0, 0.1) is 25.2 Å². The summed E-state index contributed by atoms with van der Waals surface area (Å²) >= 11 is 0. The summed E-state index contributed by atoms with van der Waals surface area (Å²) in [5.74, 6) is 0. The molecule has 0 aromatic carbocycles. The van der Waals surface area contributed by atoms with Gasteiger partial charge >= 0.3 is 5.69 Å². The van der Waals surface area contributed by atoms with Gasteiger partial charge in [0.2, 0.25) is 0 Å². The summed E-state index contributed by atoms with van der Waals surface area (Å²) in [5.41, 5.74) is 1.30. The van der Waals surface area contributed by atoms with Crippen LogP contribution in [-0.4, -0.2) is 9.55 Å². The fourth-order valence-corrected chi connectivity index (χ4v) is 1.21. The Kier molecular flexibility index (Phi) is 2.80. The molecule has 1 rings (SSSR count). The van der Waals surface area contributed by atoms with Gasteiger partial charge in [-0.3, -0.25) is 4.57 Å². The Bertz CT molecular complexity index is 400. The van der Waals surface area contributed by atoms with Gasteiger partial charge in [-0.05, 0) is 19.9 Å². The average Bonchev–Trinajstić information content (AvgIpc) is 2.02. The third-order valence-electron chi connectivity index (χ3n) is 1.79. The van der Waals surface area contributed by atoms with Crippen LogP contribution in [0.5, 0.6) is 0 Å². The molecule has 68 valence electrons. The second-order valence-corrected chi connectivity index (χ2v) is 2.88. The third kappa shape index (κ3) is 2.15. The van der Waals surface area contributed by atoms with Crippen molar-refractivity contribution in [2.75, 3.05) is 0 Å². The first kappa shape index (κ1) is 9.46. The Morgan fingerprint density at radius 3 is 2.85 bits per heavy atom. The van der Waals surface area contributed by atoms with Crippen molar-refractivity contribution in [2.24, 2.45) is 0 Å². The van der Waals surface area contributed by atoms with E-state index in [4.69, 9.17) is 5.26 Å². The van der Waals surface area contributed by atoms with Crippen LogP contribution in [0.25, 0.3) is 0 Å². The SMILES string of the molecule is Cc1cc(C)n(CCC#N)c(=O)n1. The Balaban J connectivity index is 3.08. The Morgan fingerprint density at radius 1 is 1.62 bits per heavy atom. The van der Waals surface area contributed by atoms with Crippen LogP contribution in [0.3, 0.4) is 0 Å². The van der Waals surface area contributed by atoms with Gasteiger partial charge in [-0.2, -0.15) is 10.2 Å². The molecule has 0 atom stereocenters. The molecule has 13 heavy (non-hydrogen) atoms. The highest BCUT2D eigenvalue weighted by Gasteiger charge is 2.01. The largest absolute Gasteiger partial charge is 0.347 e. The molecule has 1 aromatic rings. The van der Waals surface area contributed by atoms with Crippen molar-refractivity contribution < 1.29 is 0 Å². The fraction of sp³-hybridized carbons (Fsp3) is 0.444. The number of hydrogen-bond acceptors (Lipinski definition) is 3. The molecule has 0 amide bonds. The summed E-state index contributed by atoms with van der Waals surface area (Å²) in [6.45, 7) is 4.05. The number of nitriles is 1. The predicted molar refractivity (Wildman–Crippen MR) is 48.2 cm³/mol. The van der Waals surface area contributed by atoms with Crippen LogP contribution in [0.4, 0.5) is 0 Å². The van der Waals surface area contributed by atoms with E-state index in [9.17, 15) is 4.79 Å². The molecule has 0 saturated heterocycles. The summed E-state index contributed by atoms with van der Waals surface area (Å²) in [6, 6.07) is 3.83. The molecule has 1 heterocycles. The van der Waals surface area contributed by atoms with E-state index < -0.39 is 0 Å². The predicted octanol–water partition coefficient (Wildman–Crippen LogP) is 0.774. The zero-order valence-electron chi connectivity index (χ0n) is 7.74. The maximum Gasteiger partial charge on any atom is 0.347 e. The second-order valence-electron chi connectivity index (χ2n) is 2.88. The lowest BCUT2D eigenvalue weighted by Gasteiger charge is -2.06. The molecule has 4 heteroatoms. The quantitative estimate of drug-likeness (QED) is 0.670. The molecule has 0 bridgehead atoms. The lowest BCUT2D eigenvalue weighted by molar-refractivity contribution is 0.638. The number of nitrogens with zero attached hydrogens (tertiary/aromatic N) is 3. The summed E-state index contributed by atoms with van der Waals surface area (Å²) in [5, 5.41) is 8.38. The van der Waals surface area contributed by atoms with E-state index in [2.05, 4.69) is 4.98 Å². The van der Waals surface area contributed by atoms with Crippen LogP contribution >= 0.6 is 0 Å². The van der Waals surface area contributed by atoms with Crippen LogP contribution in [-0.2, 0) is 6.54 Å². The van der Waals surface area contributed by atoms with Crippen molar-refractivity contribution in [2.45, 2.75) is 26.8 Å². The molecule has 0 radical (unpaired) electrons. The smallest absolute Gasteiger partial charge is 0.296 e. The van der Waals surface area contributed by atoms with Gasteiger partial charge in [0, 0.05) is 17.9 Å². The van der Waals surface area contributed by atoms with Crippen LogP contribution in [0.15, 0.2) is 10.9 Å². The van der Waals surface area contributed by atoms with Gasteiger partial charge in [-0.15, -0.1) is 0 Å². The van der Waals surface area contributed by atoms with E-state index in [1.165, 1.54) is 4.57 Å². The minimum absolute atomic E-state index is 0.271. The molecule has 0 aliphatic heterocycles. The highest BCUT2D eigenvalue weighted by molar-refractivity contribution is 5.06. The lowest BCUT2D eigenvalue weighted by atomic mass is 10.3. The Labute approximate surface area is 76.5 Å². The standard InChI is InChI=1S/C9H11N3O/c1-7-6-8(2)12(5-3-4-10)9(13)11-7/h6H,3,5H2,1-2H3. The van der Waals surface area contributed by atoms with Gasteiger partial charge in [0.25, 0.3) is 0 Å². The summed E-state index contributed by atoms with van der Waals surface area (Å²) < 4.78 is 1.51. The molecule has 0 saturated carbocycles. The van der Waals surface area contributed by atoms with Crippen molar-refractivity contribution in [3.05, 3.63) is 27.9 Å². The summed E-state index contributed by atoms with van der Waals surface area (Å²) in [6.07, 6.45) is 0.339. The fourth-order valence-electron chi connectivity index (χ4n) is 1.21. The molecule has 0 spiro atoms. The topological polar surface area (TPSA) is 58.7 Å². The summed E-state index contributed by atoms with van der Waals surface area (Å²) in [4.78, 5) is 15.1. The molecule has 4 nitrogen and oxygen atoms in total. The van der Waals surface area contributed by atoms with E-state index in [-0.39, 0.29) is 5.69 Å². The first-order valence-electron chi connectivity index (χ1n) is 4.07. The van der Waals surface area contributed by atoms with Gasteiger partial charge in [0.15, 0.2) is 0 Å².